The topological polar surface area (TPSA) is 20.2 Å². The molecule has 2 aliphatic carbocycles. The van der Waals surface area contributed by atoms with E-state index in [1.807, 2.05) is 0 Å². The van der Waals surface area contributed by atoms with Gasteiger partial charge in [-0.25, -0.2) is 0 Å². The first kappa shape index (κ1) is 11.9. The molecule has 0 aromatic heterocycles. The van der Waals surface area contributed by atoms with Crippen molar-refractivity contribution in [2.45, 2.75) is 52.6 Å². The molecule has 1 nitrogen and oxygen atoms in total. The minimum absolute atomic E-state index is 0.190. The van der Waals surface area contributed by atoms with E-state index in [1.54, 1.807) is 11.1 Å². The van der Waals surface area contributed by atoms with Gasteiger partial charge in [-0.1, -0.05) is 37.1 Å². The monoisotopic (exact) mass is 220 g/mol. The second kappa shape index (κ2) is 4.37. The fourth-order valence-corrected chi connectivity index (χ4v) is 3.46. The lowest BCUT2D eigenvalue weighted by atomic mass is 9.85. The van der Waals surface area contributed by atoms with E-state index < -0.39 is 0 Å². The number of rotatable bonds is 1. The molecular weight excluding hydrogens is 196 g/mol. The lowest BCUT2D eigenvalue weighted by Gasteiger charge is -2.23. The van der Waals surface area contributed by atoms with Gasteiger partial charge in [0.25, 0.3) is 0 Å². The lowest BCUT2D eigenvalue weighted by Crippen LogP contribution is -2.22. The molecule has 1 heteroatoms. The summed E-state index contributed by atoms with van der Waals surface area (Å²) in [4.78, 5) is 0. The maximum Gasteiger partial charge on any atom is 0.0613 e. The molecule has 1 N–H and O–H groups in total. The smallest absolute Gasteiger partial charge is 0.0613 e. The molecule has 16 heavy (non-hydrogen) atoms. The standard InChI is InChI=1S/C15H24O/c1-9(2)13-8-14-10(3)5-6-12(14)11(4)7-15(13)16/h10-11,13,15-16H,1,5-8H2,2-4H3. The number of allylic oxidation sites excluding steroid dienone is 2. The molecule has 90 valence electrons. The van der Waals surface area contributed by atoms with Gasteiger partial charge in [-0.3, -0.25) is 0 Å². The van der Waals surface area contributed by atoms with Crippen LogP contribution in [-0.2, 0) is 0 Å². The zero-order chi connectivity index (χ0) is 11.9. The van der Waals surface area contributed by atoms with Gasteiger partial charge in [0.1, 0.15) is 0 Å². The molecule has 0 aromatic rings. The van der Waals surface area contributed by atoms with E-state index in [2.05, 4.69) is 27.4 Å². The molecule has 0 fully saturated rings. The first-order chi connectivity index (χ1) is 7.50. The number of aliphatic hydroxyl groups is 1. The molecule has 0 amide bonds. The van der Waals surface area contributed by atoms with E-state index in [9.17, 15) is 5.11 Å². The average Bonchev–Trinajstić information content (AvgIpc) is 2.49. The van der Waals surface area contributed by atoms with Crippen LogP contribution in [0.3, 0.4) is 0 Å². The zero-order valence-corrected chi connectivity index (χ0v) is 10.8. The summed E-state index contributed by atoms with van der Waals surface area (Å²) in [5.74, 6) is 1.58. The fraction of sp³-hybridized carbons (Fsp3) is 0.733. The molecule has 0 spiro atoms. The van der Waals surface area contributed by atoms with Crippen LogP contribution in [0, 0.1) is 17.8 Å². The Hall–Kier alpha value is -0.560. The molecule has 0 bridgehead atoms. The molecule has 0 radical (unpaired) electrons. The molecule has 0 saturated carbocycles. The van der Waals surface area contributed by atoms with Gasteiger partial charge in [0.2, 0.25) is 0 Å². The van der Waals surface area contributed by atoms with Crippen LogP contribution in [0.1, 0.15) is 46.5 Å². The summed E-state index contributed by atoms with van der Waals surface area (Å²) in [6, 6.07) is 0. The molecule has 0 aromatic carbocycles. The van der Waals surface area contributed by atoms with Gasteiger partial charge < -0.3 is 5.11 Å². The minimum Gasteiger partial charge on any atom is -0.392 e. The Bertz CT molecular complexity index is 326. The minimum atomic E-state index is -0.190. The summed E-state index contributed by atoms with van der Waals surface area (Å²) in [5, 5.41) is 10.2. The predicted molar refractivity (Wildman–Crippen MR) is 68.1 cm³/mol. The van der Waals surface area contributed by atoms with E-state index >= 15 is 0 Å². The normalized spacial score (nSPS) is 39.5. The number of hydrogen-bond acceptors (Lipinski definition) is 1. The highest BCUT2D eigenvalue weighted by Gasteiger charge is 2.34. The van der Waals surface area contributed by atoms with Crippen LogP contribution >= 0.6 is 0 Å². The third-order valence-electron chi connectivity index (χ3n) is 4.58. The van der Waals surface area contributed by atoms with Gasteiger partial charge in [-0.05, 0) is 44.4 Å². The van der Waals surface area contributed by atoms with Crippen LogP contribution in [0.4, 0.5) is 0 Å². The van der Waals surface area contributed by atoms with Crippen molar-refractivity contribution in [2.75, 3.05) is 0 Å². The summed E-state index contributed by atoms with van der Waals surface area (Å²) in [6.07, 6.45) is 4.35. The highest BCUT2D eigenvalue weighted by molar-refractivity contribution is 5.28. The van der Waals surface area contributed by atoms with E-state index in [0.717, 1.165) is 24.3 Å². The van der Waals surface area contributed by atoms with Crippen molar-refractivity contribution in [1.29, 1.82) is 0 Å². The Morgan fingerprint density at radius 1 is 1.25 bits per heavy atom. The second-order valence-electron chi connectivity index (χ2n) is 5.85. The quantitative estimate of drug-likeness (QED) is 0.668. The SMILES string of the molecule is C=C(C)C1CC2=C(CCC2C)C(C)CC1O. The van der Waals surface area contributed by atoms with Crippen LogP contribution in [-0.4, -0.2) is 11.2 Å². The third-order valence-corrected chi connectivity index (χ3v) is 4.58. The van der Waals surface area contributed by atoms with E-state index in [1.165, 1.54) is 12.8 Å². The van der Waals surface area contributed by atoms with Crippen LogP contribution in [0.2, 0.25) is 0 Å². The maximum atomic E-state index is 10.2. The number of hydrogen-bond donors (Lipinski definition) is 1. The largest absolute Gasteiger partial charge is 0.392 e. The van der Waals surface area contributed by atoms with Crippen LogP contribution < -0.4 is 0 Å². The molecule has 0 heterocycles. The Labute approximate surface area is 99.3 Å². The van der Waals surface area contributed by atoms with Gasteiger partial charge in [0.15, 0.2) is 0 Å². The van der Waals surface area contributed by atoms with Crippen LogP contribution in [0.5, 0.6) is 0 Å². The highest BCUT2D eigenvalue weighted by Crippen LogP contribution is 2.45. The van der Waals surface area contributed by atoms with Crippen molar-refractivity contribution in [3.8, 4) is 0 Å². The van der Waals surface area contributed by atoms with Crippen LogP contribution in [0.15, 0.2) is 23.3 Å². The molecular formula is C15H24O. The van der Waals surface area contributed by atoms with Crippen molar-refractivity contribution in [3.05, 3.63) is 23.3 Å². The second-order valence-corrected chi connectivity index (χ2v) is 5.85. The van der Waals surface area contributed by atoms with E-state index in [4.69, 9.17) is 0 Å². The van der Waals surface area contributed by atoms with E-state index in [-0.39, 0.29) is 12.0 Å². The van der Waals surface area contributed by atoms with E-state index in [0.29, 0.717) is 5.92 Å². The Balaban J connectivity index is 2.29. The third kappa shape index (κ3) is 1.98. The fourth-order valence-electron chi connectivity index (χ4n) is 3.46. The summed E-state index contributed by atoms with van der Waals surface area (Å²) in [5.41, 5.74) is 4.43. The molecule has 2 aliphatic rings. The van der Waals surface area contributed by atoms with Gasteiger partial charge in [0, 0.05) is 5.92 Å². The Kier molecular flexibility index (Phi) is 3.25. The van der Waals surface area contributed by atoms with Crippen molar-refractivity contribution >= 4 is 0 Å². The first-order valence-electron chi connectivity index (χ1n) is 6.56. The summed E-state index contributed by atoms with van der Waals surface area (Å²) in [6.45, 7) is 10.7. The van der Waals surface area contributed by atoms with Crippen molar-refractivity contribution in [1.82, 2.24) is 0 Å². The molecule has 4 atom stereocenters. The van der Waals surface area contributed by atoms with Crippen molar-refractivity contribution in [3.63, 3.8) is 0 Å². The van der Waals surface area contributed by atoms with Gasteiger partial charge in [-0.15, -0.1) is 0 Å². The lowest BCUT2D eigenvalue weighted by molar-refractivity contribution is 0.107. The zero-order valence-electron chi connectivity index (χ0n) is 10.8. The van der Waals surface area contributed by atoms with Gasteiger partial charge in [-0.2, -0.15) is 0 Å². The van der Waals surface area contributed by atoms with Crippen LogP contribution in [0.25, 0.3) is 0 Å². The van der Waals surface area contributed by atoms with Crippen molar-refractivity contribution < 1.29 is 5.11 Å². The van der Waals surface area contributed by atoms with Gasteiger partial charge in [0.05, 0.1) is 6.10 Å². The summed E-state index contributed by atoms with van der Waals surface area (Å²) < 4.78 is 0. The Morgan fingerprint density at radius 3 is 2.56 bits per heavy atom. The predicted octanol–water partition coefficient (Wildman–Crippen LogP) is 3.70. The maximum absolute atomic E-state index is 10.2. The molecule has 4 unspecified atom stereocenters. The van der Waals surface area contributed by atoms with Gasteiger partial charge >= 0.3 is 0 Å². The molecule has 2 rings (SSSR count). The molecule has 0 aliphatic heterocycles. The highest BCUT2D eigenvalue weighted by atomic mass is 16.3. The molecule has 0 saturated heterocycles. The summed E-state index contributed by atoms with van der Waals surface area (Å²) in [7, 11) is 0. The average molecular weight is 220 g/mol. The van der Waals surface area contributed by atoms with Crippen molar-refractivity contribution in [2.24, 2.45) is 17.8 Å². The Morgan fingerprint density at radius 2 is 1.94 bits per heavy atom. The first-order valence-corrected chi connectivity index (χ1v) is 6.56. The summed E-state index contributed by atoms with van der Waals surface area (Å²) >= 11 is 0. The number of aliphatic hydroxyl groups excluding tert-OH is 1.